The first kappa shape index (κ1) is 13.0. The highest BCUT2D eigenvalue weighted by Crippen LogP contribution is 2.45. The van der Waals surface area contributed by atoms with Crippen LogP contribution in [-0.2, 0) is 13.0 Å². The maximum Gasteiger partial charge on any atom is 0.195 e. The van der Waals surface area contributed by atoms with Crippen molar-refractivity contribution in [1.29, 1.82) is 0 Å². The van der Waals surface area contributed by atoms with Crippen LogP contribution in [0.2, 0.25) is 0 Å². The van der Waals surface area contributed by atoms with Crippen LogP contribution in [0.1, 0.15) is 49.7 Å². The summed E-state index contributed by atoms with van der Waals surface area (Å²) in [5, 5.41) is 8.56. The molecule has 1 N–H and O–H groups in total. The number of hydrogen-bond donors (Lipinski definition) is 1. The van der Waals surface area contributed by atoms with Crippen LogP contribution in [0.4, 0.5) is 0 Å². The van der Waals surface area contributed by atoms with E-state index in [0.717, 1.165) is 25.2 Å². The molecule has 1 saturated carbocycles. The van der Waals surface area contributed by atoms with Gasteiger partial charge in [-0.15, -0.1) is 11.3 Å². The fraction of sp³-hybridized carbons (Fsp3) is 0.615. The van der Waals surface area contributed by atoms with Crippen LogP contribution < -0.4 is 0 Å². The Morgan fingerprint density at radius 1 is 1.42 bits per heavy atom. The smallest absolute Gasteiger partial charge is 0.195 e. The highest BCUT2D eigenvalue weighted by molar-refractivity contribution is 7.71. The third-order valence-corrected chi connectivity index (χ3v) is 4.84. The van der Waals surface area contributed by atoms with E-state index in [4.69, 9.17) is 17.2 Å². The molecule has 0 saturated heterocycles. The number of hydrogen-bond acceptors (Lipinski definition) is 4. The summed E-state index contributed by atoms with van der Waals surface area (Å²) < 4.78 is 2.76. The zero-order valence-corrected chi connectivity index (χ0v) is 12.9. The van der Waals surface area contributed by atoms with E-state index in [0.29, 0.717) is 10.7 Å². The van der Waals surface area contributed by atoms with Crippen molar-refractivity contribution >= 4 is 23.6 Å². The van der Waals surface area contributed by atoms with Crippen molar-refractivity contribution < 1.29 is 0 Å². The molecule has 3 rings (SSSR count). The molecule has 6 heteroatoms. The van der Waals surface area contributed by atoms with E-state index in [1.807, 2.05) is 0 Å². The molecule has 0 spiro atoms. The highest BCUT2D eigenvalue weighted by atomic mass is 32.1. The van der Waals surface area contributed by atoms with Gasteiger partial charge in [0.15, 0.2) is 10.6 Å². The second-order valence-corrected chi connectivity index (χ2v) is 6.41. The Balaban J connectivity index is 2.09. The molecule has 0 atom stereocenters. The molecule has 1 fully saturated rings. The van der Waals surface area contributed by atoms with Gasteiger partial charge in [0.05, 0.1) is 15.6 Å². The number of nitrogens with one attached hydrogen (secondary N) is 1. The molecule has 0 radical (unpaired) electrons. The topological polar surface area (TPSA) is 46.5 Å². The Morgan fingerprint density at radius 3 is 2.84 bits per heavy atom. The van der Waals surface area contributed by atoms with E-state index in [1.165, 1.54) is 28.4 Å². The molecule has 2 aromatic heterocycles. The molecule has 2 aromatic rings. The van der Waals surface area contributed by atoms with Crippen molar-refractivity contribution in [3.05, 3.63) is 15.5 Å². The maximum atomic E-state index is 5.28. The number of rotatable bonds is 5. The van der Waals surface area contributed by atoms with E-state index in [2.05, 4.69) is 28.6 Å². The molecule has 2 heterocycles. The highest BCUT2D eigenvalue weighted by Gasteiger charge is 2.31. The van der Waals surface area contributed by atoms with Crippen molar-refractivity contribution in [3.8, 4) is 10.7 Å². The Morgan fingerprint density at radius 2 is 2.21 bits per heavy atom. The van der Waals surface area contributed by atoms with Gasteiger partial charge in [0.2, 0.25) is 0 Å². The molecule has 102 valence electrons. The third kappa shape index (κ3) is 2.39. The lowest BCUT2D eigenvalue weighted by atomic mass is 10.2. The van der Waals surface area contributed by atoms with Crippen LogP contribution in [0.25, 0.3) is 10.7 Å². The Kier molecular flexibility index (Phi) is 3.54. The number of aromatic nitrogens is 4. The summed E-state index contributed by atoms with van der Waals surface area (Å²) in [6.07, 6.45) is 4.72. The summed E-state index contributed by atoms with van der Waals surface area (Å²) in [6.45, 7) is 5.13. The molecule has 0 bridgehead atoms. The SMILES string of the molecule is CCCc1nc(C2CC2)c(-c2n[nH]c(=S)n2CC)s1. The average Bonchev–Trinajstić information content (AvgIpc) is 3.06. The minimum atomic E-state index is 0.646. The standard InChI is InChI=1S/C13H18N4S2/c1-3-5-9-14-10(8-6-7-8)11(19-9)12-15-16-13(18)17(12)4-2/h8H,3-7H2,1-2H3,(H,16,18). The minimum Gasteiger partial charge on any atom is -0.300 e. The minimum absolute atomic E-state index is 0.646. The normalized spacial score (nSPS) is 15.1. The van der Waals surface area contributed by atoms with Crippen LogP contribution in [-0.4, -0.2) is 19.7 Å². The van der Waals surface area contributed by atoms with Gasteiger partial charge in [0.25, 0.3) is 0 Å². The Hall–Kier alpha value is -1.01. The predicted octanol–water partition coefficient (Wildman–Crippen LogP) is 3.91. The van der Waals surface area contributed by atoms with Gasteiger partial charge in [-0.05, 0) is 44.8 Å². The van der Waals surface area contributed by atoms with Crippen molar-refractivity contribution in [2.24, 2.45) is 0 Å². The van der Waals surface area contributed by atoms with E-state index in [1.54, 1.807) is 11.3 Å². The quantitative estimate of drug-likeness (QED) is 0.850. The van der Waals surface area contributed by atoms with Gasteiger partial charge in [-0.3, -0.25) is 9.67 Å². The molecular weight excluding hydrogens is 276 g/mol. The number of nitrogens with zero attached hydrogens (tertiary/aromatic N) is 3. The van der Waals surface area contributed by atoms with Crippen molar-refractivity contribution in [2.45, 2.75) is 52.0 Å². The lowest BCUT2D eigenvalue weighted by Gasteiger charge is -2.02. The summed E-state index contributed by atoms with van der Waals surface area (Å²) in [5.74, 6) is 1.61. The van der Waals surface area contributed by atoms with E-state index < -0.39 is 0 Å². The first-order chi connectivity index (χ1) is 9.24. The summed E-state index contributed by atoms with van der Waals surface area (Å²) in [5.41, 5.74) is 1.25. The van der Waals surface area contributed by atoms with E-state index >= 15 is 0 Å². The van der Waals surface area contributed by atoms with Gasteiger partial charge < -0.3 is 0 Å². The zero-order chi connectivity index (χ0) is 13.4. The zero-order valence-electron chi connectivity index (χ0n) is 11.3. The lowest BCUT2D eigenvalue weighted by molar-refractivity contribution is 0.755. The molecule has 1 aliphatic rings. The summed E-state index contributed by atoms with van der Waals surface area (Å²) >= 11 is 7.07. The van der Waals surface area contributed by atoms with Crippen molar-refractivity contribution in [1.82, 2.24) is 19.7 Å². The molecule has 0 aromatic carbocycles. The molecule has 0 amide bonds. The largest absolute Gasteiger partial charge is 0.300 e. The second kappa shape index (κ2) is 5.17. The van der Waals surface area contributed by atoms with Crippen LogP contribution in [0, 0.1) is 4.77 Å². The molecule has 4 nitrogen and oxygen atoms in total. The second-order valence-electron chi connectivity index (χ2n) is 4.94. The summed E-state index contributed by atoms with van der Waals surface area (Å²) in [6, 6.07) is 0. The van der Waals surface area contributed by atoms with Gasteiger partial charge in [0, 0.05) is 12.5 Å². The first-order valence-electron chi connectivity index (χ1n) is 6.89. The fourth-order valence-corrected chi connectivity index (χ4v) is 3.79. The monoisotopic (exact) mass is 294 g/mol. The van der Waals surface area contributed by atoms with Crippen LogP contribution in [0.3, 0.4) is 0 Å². The maximum absolute atomic E-state index is 5.28. The predicted molar refractivity (Wildman–Crippen MR) is 80.2 cm³/mol. The van der Waals surface area contributed by atoms with Gasteiger partial charge in [-0.1, -0.05) is 6.92 Å². The first-order valence-corrected chi connectivity index (χ1v) is 8.12. The summed E-state index contributed by atoms with van der Waals surface area (Å²) in [4.78, 5) is 6.06. The molecule has 0 unspecified atom stereocenters. The average molecular weight is 294 g/mol. The lowest BCUT2D eigenvalue weighted by Crippen LogP contribution is -1.98. The van der Waals surface area contributed by atoms with E-state index in [-0.39, 0.29) is 0 Å². The van der Waals surface area contributed by atoms with Gasteiger partial charge >= 0.3 is 0 Å². The van der Waals surface area contributed by atoms with Crippen LogP contribution in [0.5, 0.6) is 0 Å². The van der Waals surface area contributed by atoms with E-state index in [9.17, 15) is 0 Å². The molecular formula is C13H18N4S2. The Bertz CT molecular complexity index is 633. The third-order valence-electron chi connectivity index (χ3n) is 3.40. The van der Waals surface area contributed by atoms with Crippen molar-refractivity contribution in [3.63, 3.8) is 0 Å². The van der Waals surface area contributed by atoms with Crippen LogP contribution >= 0.6 is 23.6 Å². The number of H-pyrrole nitrogens is 1. The molecule has 1 aliphatic carbocycles. The number of aryl methyl sites for hydroxylation is 1. The van der Waals surface area contributed by atoms with Gasteiger partial charge in [-0.25, -0.2) is 4.98 Å². The van der Waals surface area contributed by atoms with Crippen LogP contribution in [0.15, 0.2) is 0 Å². The Labute approximate surface area is 121 Å². The molecule has 0 aliphatic heterocycles. The van der Waals surface area contributed by atoms with Gasteiger partial charge in [0.1, 0.15) is 0 Å². The number of aromatic amines is 1. The molecule has 19 heavy (non-hydrogen) atoms. The summed E-state index contributed by atoms with van der Waals surface area (Å²) in [7, 11) is 0. The number of thiazole rings is 1. The van der Waals surface area contributed by atoms with Gasteiger partial charge in [-0.2, -0.15) is 5.10 Å². The van der Waals surface area contributed by atoms with Crippen molar-refractivity contribution in [2.75, 3.05) is 0 Å². The fourth-order valence-electron chi connectivity index (χ4n) is 2.28.